The van der Waals surface area contributed by atoms with Crippen LogP contribution in [0.2, 0.25) is 0 Å². The first kappa shape index (κ1) is 10.1. The predicted octanol–water partition coefficient (Wildman–Crippen LogP) is 1.80. The highest BCUT2D eigenvalue weighted by Gasteiger charge is 2.17. The molecular weight excluding hydrogens is 206 g/mol. The van der Waals surface area contributed by atoms with E-state index in [0.717, 1.165) is 0 Å². The van der Waals surface area contributed by atoms with Crippen LogP contribution in [-0.2, 0) is 0 Å². The lowest BCUT2D eigenvalue weighted by atomic mass is 10.1. The van der Waals surface area contributed by atoms with Gasteiger partial charge in [-0.2, -0.15) is 5.26 Å². The molecule has 0 spiro atoms. The van der Waals surface area contributed by atoms with Crippen LogP contribution in [0.15, 0.2) is 28.8 Å². The van der Waals surface area contributed by atoms with Gasteiger partial charge in [0.1, 0.15) is 23.1 Å². The number of hydrogen-bond donors (Lipinski definition) is 1. The van der Waals surface area contributed by atoms with Crippen LogP contribution in [0.5, 0.6) is 5.75 Å². The zero-order valence-electron chi connectivity index (χ0n) is 8.60. The number of nitrogen functional groups attached to an aromatic ring is 1. The molecule has 0 atom stereocenters. The lowest BCUT2D eigenvalue weighted by Gasteiger charge is -2.04. The first-order chi connectivity index (χ1) is 7.77. The van der Waals surface area contributed by atoms with Gasteiger partial charge in [-0.1, -0.05) is 17.3 Å². The van der Waals surface area contributed by atoms with Gasteiger partial charge in [-0.3, -0.25) is 0 Å². The number of ether oxygens (including phenoxy) is 1. The van der Waals surface area contributed by atoms with Crippen molar-refractivity contribution < 1.29 is 9.26 Å². The average Bonchev–Trinajstić information content (AvgIpc) is 2.70. The van der Waals surface area contributed by atoms with Gasteiger partial charge in [0.2, 0.25) is 5.88 Å². The van der Waals surface area contributed by atoms with Crippen LogP contribution in [0.3, 0.4) is 0 Å². The molecule has 0 unspecified atom stereocenters. The zero-order chi connectivity index (χ0) is 11.5. The minimum absolute atomic E-state index is 0.0170. The van der Waals surface area contributed by atoms with Gasteiger partial charge in [-0.15, -0.1) is 0 Å². The summed E-state index contributed by atoms with van der Waals surface area (Å²) in [5.74, 6) is 0.635. The van der Waals surface area contributed by atoms with E-state index in [-0.39, 0.29) is 11.4 Å². The van der Waals surface area contributed by atoms with Gasteiger partial charge in [0.25, 0.3) is 0 Å². The molecule has 1 aromatic carbocycles. The number of benzene rings is 1. The van der Waals surface area contributed by atoms with Crippen LogP contribution < -0.4 is 10.5 Å². The van der Waals surface area contributed by atoms with Gasteiger partial charge >= 0.3 is 0 Å². The monoisotopic (exact) mass is 215 g/mol. The number of para-hydroxylation sites is 1. The van der Waals surface area contributed by atoms with Crippen molar-refractivity contribution in [3.63, 3.8) is 0 Å². The molecule has 0 saturated carbocycles. The van der Waals surface area contributed by atoms with Crippen molar-refractivity contribution in [1.29, 1.82) is 5.26 Å². The molecule has 0 aliphatic heterocycles. The number of aromatic nitrogens is 1. The highest BCUT2D eigenvalue weighted by molar-refractivity contribution is 5.75. The summed E-state index contributed by atoms with van der Waals surface area (Å²) >= 11 is 0. The van der Waals surface area contributed by atoms with E-state index in [2.05, 4.69) is 5.16 Å². The smallest absolute Gasteiger partial charge is 0.240 e. The van der Waals surface area contributed by atoms with Crippen molar-refractivity contribution in [3.8, 4) is 23.1 Å². The topological polar surface area (TPSA) is 85.1 Å². The Morgan fingerprint density at radius 2 is 2.19 bits per heavy atom. The summed E-state index contributed by atoms with van der Waals surface area (Å²) in [5.41, 5.74) is 6.80. The van der Waals surface area contributed by atoms with Crippen molar-refractivity contribution >= 4 is 5.88 Å². The van der Waals surface area contributed by atoms with Gasteiger partial charge in [0.05, 0.1) is 7.11 Å². The number of anilines is 1. The molecule has 0 aliphatic carbocycles. The molecule has 0 radical (unpaired) electrons. The van der Waals surface area contributed by atoms with Crippen molar-refractivity contribution in [1.82, 2.24) is 5.16 Å². The number of nitriles is 1. The Labute approximate surface area is 92.0 Å². The normalized spacial score (nSPS) is 9.75. The highest BCUT2D eigenvalue weighted by Crippen LogP contribution is 2.32. The number of rotatable bonds is 2. The molecule has 0 saturated heterocycles. The molecule has 2 rings (SSSR count). The minimum Gasteiger partial charge on any atom is -0.496 e. The highest BCUT2D eigenvalue weighted by atomic mass is 16.5. The standard InChI is InChI=1S/C11H9N3O2/c1-15-9-5-3-2-4-7(9)10-8(6-12)11(13)16-14-10/h2-5H,13H2,1H3. The second kappa shape index (κ2) is 3.95. The minimum atomic E-state index is 0.0170. The van der Waals surface area contributed by atoms with E-state index in [1.54, 1.807) is 19.2 Å². The number of nitrogens with two attached hydrogens (primary N) is 1. The summed E-state index contributed by atoms with van der Waals surface area (Å²) < 4.78 is 9.97. The molecule has 5 heteroatoms. The molecular formula is C11H9N3O2. The summed E-state index contributed by atoms with van der Waals surface area (Å²) in [5, 5.41) is 12.7. The van der Waals surface area contributed by atoms with Gasteiger partial charge in [0, 0.05) is 5.56 Å². The Morgan fingerprint density at radius 3 is 2.88 bits per heavy atom. The lowest BCUT2D eigenvalue weighted by molar-refractivity contribution is 0.414. The summed E-state index contributed by atoms with van der Waals surface area (Å²) in [6, 6.07) is 9.18. The van der Waals surface area contributed by atoms with E-state index in [9.17, 15) is 0 Å². The fourth-order valence-corrected chi connectivity index (χ4v) is 1.43. The van der Waals surface area contributed by atoms with Crippen LogP contribution in [-0.4, -0.2) is 12.3 Å². The third-order valence-electron chi connectivity index (χ3n) is 2.19. The maximum absolute atomic E-state index is 8.94. The lowest BCUT2D eigenvalue weighted by Crippen LogP contribution is -1.90. The van der Waals surface area contributed by atoms with Gasteiger partial charge in [-0.05, 0) is 12.1 Å². The van der Waals surface area contributed by atoms with E-state index in [4.69, 9.17) is 20.3 Å². The van der Waals surface area contributed by atoms with Crippen molar-refractivity contribution in [2.75, 3.05) is 12.8 Å². The van der Waals surface area contributed by atoms with E-state index in [1.807, 2.05) is 18.2 Å². The second-order valence-electron chi connectivity index (χ2n) is 3.08. The quantitative estimate of drug-likeness (QED) is 0.825. The predicted molar refractivity (Wildman–Crippen MR) is 57.6 cm³/mol. The molecule has 2 aromatic rings. The van der Waals surface area contributed by atoms with Gasteiger partial charge < -0.3 is 15.0 Å². The third-order valence-corrected chi connectivity index (χ3v) is 2.19. The molecule has 0 bridgehead atoms. The van der Waals surface area contributed by atoms with Crippen LogP contribution in [0.1, 0.15) is 5.56 Å². The average molecular weight is 215 g/mol. The summed E-state index contributed by atoms with van der Waals surface area (Å²) in [6.45, 7) is 0. The van der Waals surface area contributed by atoms with Gasteiger partial charge in [-0.25, -0.2) is 0 Å². The molecule has 5 nitrogen and oxygen atoms in total. The molecule has 16 heavy (non-hydrogen) atoms. The van der Waals surface area contributed by atoms with Gasteiger partial charge in [0.15, 0.2) is 0 Å². The SMILES string of the molecule is COc1ccccc1-c1noc(N)c1C#N. The molecule has 0 fully saturated rings. The Kier molecular flexibility index (Phi) is 2.48. The van der Waals surface area contributed by atoms with Crippen LogP contribution in [0.25, 0.3) is 11.3 Å². The van der Waals surface area contributed by atoms with Crippen LogP contribution in [0, 0.1) is 11.3 Å². The fourth-order valence-electron chi connectivity index (χ4n) is 1.43. The largest absolute Gasteiger partial charge is 0.496 e. The first-order valence-corrected chi connectivity index (χ1v) is 4.56. The number of methoxy groups -OCH3 is 1. The zero-order valence-corrected chi connectivity index (χ0v) is 8.60. The summed E-state index contributed by atoms with van der Waals surface area (Å²) in [7, 11) is 1.55. The molecule has 0 aliphatic rings. The Morgan fingerprint density at radius 1 is 1.44 bits per heavy atom. The van der Waals surface area contributed by atoms with Crippen molar-refractivity contribution in [2.24, 2.45) is 0 Å². The molecule has 80 valence electrons. The molecule has 1 heterocycles. The molecule has 2 N–H and O–H groups in total. The van der Waals surface area contributed by atoms with E-state index in [1.165, 1.54) is 0 Å². The van der Waals surface area contributed by atoms with Crippen molar-refractivity contribution in [2.45, 2.75) is 0 Å². The maximum Gasteiger partial charge on any atom is 0.240 e. The second-order valence-corrected chi connectivity index (χ2v) is 3.08. The Balaban J connectivity index is 2.64. The van der Waals surface area contributed by atoms with Crippen LogP contribution >= 0.6 is 0 Å². The van der Waals surface area contributed by atoms with E-state index in [0.29, 0.717) is 17.0 Å². The third kappa shape index (κ3) is 1.46. The maximum atomic E-state index is 8.94. The van der Waals surface area contributed by atoms with Crippen molar-refractivity contribution in [3.05, 3.63) is 29.8 Å². The fraction of sp³-hybridized carbons (Fsp3) is 0.0909. The Bertz CT molecular complexity index is 555. The number of nitrogens with zero attached hydrogens (tertiary/aromatic N) is 2. The Hall–Kier alpha value is -2.48. The summed E-state index contributed by atoms with van der Waals surface area (Å²) in [4.78, 5) is 0. The van der Waals surface area contributed by atoms with Crippen LogP contribution in [0.4, 0.5) is 5.88 Å². The summed E-state index contributed by atoms with van der Waals surface area (Å²) in [6.07, 6.45) is 0. The number of hydrogen-bond acceptors (Lipinski definition) is 5. The van der Waals surface area contributed by atoms with E-state index >= 15 is 0 Å². The van der Waals surface area contributed by atoms with E-state index < -0.39 is 0 Å². The molecule has 1 aromatic heterocycles. The first-order valence-electron chi connectivity index (χ1n) is 4.56. The molecule has 0 amide bonds.